The topological polar surface area (TPSA) is 187 Å². The first-order chi connectivity index (χ1) is 18.7. The van der Waals surface area contributed by atoms with Crippen LogP contribution in [0, 0.1) is 0 Å². The van der Waals surface area contributed by atoms with Gasteiger partial charge in [0.15, 0.2) is 0 Å². The molecule has 16 heteroatoms. The molecule has 2 amide bonds. The molecule has 0 aliphatic carbocycles. The van der Waals surface area contributed by atoms with Gasteiger partial charge in [0.1, 0.15) is 6.04 Å². The van der Waals surface area contributed by atoms with Gasteiger partial charge in [-0.15, -0.1) is 0 Å². The maximum atomic E-state index is 13.1. The molecule has 0 spiro atoms. The van der Waals surface area contributed by atoms with Gasteiger partial charge in [-0.05, 0) is 47.9 Å². The molecule has 1 aliphatic heterocycles. The first-order valence-electron chi connectivity index (χ1n) is 11.8. The number of amides is 2. The molecule has 0 fully saturated rings. The normalized spacial score (nSPS) is 14.3. The summed E-state index contributed by atoms with van der Waals surface area (Å²) in [6, 6.07) is 6.53. The van der Waals surface area contributed by atoms with Gasteiger partial charge in [-0.25, -0.2) is 23.2 Å². The molecular formula is C24H29Cl2N7O6S. The third kappa shape index (κ3) is 7.97. The molecule has 6 N–H and O–H groups in total. The summed E-state index contributed by atoms with van der Waals surface area (Å²) in [6.07, 6.45) is 1.25. The van der Waals surface area contributed by atoms with E-state index in [2.05, 4.69) is 20.5 Å². The van der Waals surface area contributed by atoms with E-state index >= 15 is 0 Å². The molecule has 0 aromatic heterocycles. The third-order valence-electron chi connectivity index (χ3n) is 5.74. The molecule has 1 heterocycles. The predicted molar refractivity (Wildman–Crippen MR) is 152 cm³/mol. The molecule has 216 valence electrons. The number of carbonyl (C=O) groups is 3. The largest absolute Gasteiger partial charge is 0.480 e. The molecule has 0 unspecified atom stereocenters. The fraction of sp³-hybridized carbons (Fsp3) is 0.333. The molecule has 3 rings (SSSR count). The van der Waals surface area contributed by atoms with Gasteiger partial charge in [0.2, 0.25) is 16.0 Å². The number of hydrazine groups is 1. The van der Waals surface area contributed by atoms with Gasteiger partial charge in [0, 0.05) is 43.5 Å². The number of nitrogens with two attached hydrogens (primary N) is 1. The zero-order valence-electron chi connectivity index (χ0n) is 21.9. The Bertz CT molecular complexity index is 1450. The van der Waals surface area contributed by atoms with Crippen LogP contribution in [0.5, 0.6) is 0 Å². The SMILES string of the molecule is CN(C)NC(=NC[C@H](NC(=O)c1c(N)cc2c(c1Cl)CCN(C(=O)c1ccc(Cl)cc1)C2)C(=O)O)NS(C)(=O)=O. The van der Waals surface area contributed by atoms with Gasteiger partial charge in [0.25, 0.3) is 11.8 Å². The number of carbonyl (C=O) groups excluding carboxylic acids is 2. The van der Waals surface area contributed by atoms with Crippen LogP contribution in [-0.2, 0) is 27.8 Å². The minimum atomic E-state index is -3.72. The number of aliphatic imine (C=N–C) groups is 1. The summed E-state index contributed by atoms with van der Waals surface area (Å²) in [7, 11) is -0.573. The number of halogens is 2. The highest BCUT2D eigenvalue weighted by Gasteiger charge is 2.29. The quantitative estimate of drug-likeness (QED) is 0.125. The average Bonchev–Trinajstić information content (AvgIpc) is 2.84. The van der Waals surface area contributed by atoms with Crippen LogP contribution in [0.3, 0.4) is 0 Å². The van der Waals surface area contributed by atoms with Crippen molar-refractivity contribution < 1.29 is 27.9 Å². The van der Waals surface area contributed by atoms with Gasteiger partial charge in [-0.2, -0.15) is 0 Å². The van der Waals surface area contributed by atoms with Crippen molar-refractivity contribution in [1.82, 2.24) is 25.4 Å². The molecule has 1 aliphatic rings. The molecule has 13 nitrogen and oxygen atoms in total. The lowest BCUT2D eigenvalue weighted by molar-refractivity contribution is -0.138. The molecule has 0 saturated carbocycles. The third-order valence-corrected chi connectivity index (χ3v) is 6.97. The highest BCUT2D eigenvalue weighted by Crippen LogP contribution is 2.34. The molecule has 0 bridgehead atoms. The Morgan fingerprint density at radius 2 is 1.85 bits per heavy atom. The van der Waals surface area contributed by atoms with Crippen molar-refractivity contribution in [2.75, 3.05) is 39.2 Å². The Morgan fingerprint density at radius 3 is 2.42 bits per heavy atom. The minimum Gasteiger partial charge on any atom is -0.480 e. The summed E-state index contributed by atoms with van der Waals surface area (Å²) in [6.45, 7) is 0.0364. The maximum absolute atomic E-state index is 13.1. The highest BCUT2D eigenvalue weighted by atomic mass is 35.5. The number of anilines is 1. The van der Waals surface area contributed by atoms with Crippen LogP contribution >= 0.6 is 23.2 Å². The number of aliphatic carboxylic acids is 1. The number of nitrogen functional groups attached to an aromatic ring is 1. The molecule has 40 heavy (non-hydrogen) atoms. The Balaban J connectivity index is 1.80. The smallest absolute Gasteiger partial charge is 0.328 e. The van der Waals surface area contributed by atoms with Crippen molar-refractivity contribution >= 4 is 62.7 Å². The molecule has 1 atom stereocenters. The lowest BCUT2D eigenvalue weighted by Gasteiger charge is -2.30. The van der Waals surface area contributed by atoms with Gasteiger partial charge in [-0.1, -0.05) is 23.2 Å². The monoisotopic (exact) mass is 613 g/mol. The van der Waals surface area contributed by atoms with Gasteiger partial charge in [-0.3, -0.25) is 19.7 Å². The second-order valence-electron chi connectivity index (χ2n) is 9.21. The van der Waals surface area contributed by atoms with Crippen LogP contribution < -0.4 is 21.2 Å². The van der Waals surface area contributed by atoms with E-state index in [-0.39, 0.29) is 34.7 Å². The van der Waals surface area contributed by atoms with Crippen molar-refractivity contribution in [3.05, 3.63) is 62.6 Å². The minimum absolute atomic E-state index is 0.00314. The number of benzene rings is 2. The van der Waals surface area contributed by atoms with Crippen molar-refractivity contribution in [3.8, 4) is 0 Å². The second kappa shape index (κ2) is 12.7. The average molecular weight is 615 g/mol. The van der Waals surface area contributed by atoms with E-state index in [9.17, 15) is 27.9 Å². The van der Waals surface area contributed by atoms with Crippen LogP contribution in [0.15, 0.2) is 35.3 Å². The maximum Gasteiger partial charge on any atom is 0.328 e. The van der Waals surface area contributed by atoms with Crippen LogP contribution in [0.4, 0.5) is 5.69 Å². The zero-order valence-corrected chi connectivity index (χ0v) is 24.2. The molecule has 0 saturated heterocycles. The van der Waals surface area contributed by atoms with Crippen molar-refractivity contribution in [1.29, 1.82) is 0 Å². The molecular weight excluding hydrogens is 585 g/mol. The van der Waals surface area contributed by atoms with E-state index in [1.54, 1.807) is 49.3 Å². The van der Waals surface area contributed by atoms with Crippen molar-refractivity contribution in [3.63, 3.8) is 0 Å². The summed E-state index contributed by atoms with van der Waals surface area (Å²) >= 11 is 12.5. The van der Waals surface area contributed by atoms with E-state index in [1.807, 2.05) is 0 Å². The molecule has 0 radical (unpaired) electrons. The summed E-state index contributed by atoms with van der Waals surface area (Å²) in [5.74, 6) is -2.69. The number of carboxylic acid groups (broad SMARTS) is 1. The van der Waals surface area contributed by atoms with Crippen LogP contribution in [0.25, 0.3) is 0 Å². The highest BCUT2D eigenvalue weighted by molar-refractivity contribution is 7.89. The van der Waals surface area contributed by atoms with Crippen LogP contribution in [0.1, 0.15) is 31.8 Å². The number of carboxylic acids is 1. The van der Waals surface area contributed by atoms with Gasteiger partial charge in [0.05, 0.1) is 23.4 Å². The number of nitrogens with zero attached hydrogens (tertiary/aromatic N) is 3. The fourth-order valence-electron chi connectivity index (χ4n) is 3.96. The fourth-order valence-corrected chi connectivity index (χ4v) is 4.96. The van der Waals surface area contributed by atoms with Crippen LogP contribution in [-0.4, -0.2) is 86.7 Å². The van der Waals surface area contributed by atoms with Crippen LogP contribution in [0.2, 0.25) is 10.0 Å². The van der Waals surface area contributed by atoms with Crippen molar-refractivity contribution in [2.24, 2.45) is 4.99 Å². The van der Waals surface area contributed by atoms with E-state index < -0.39 is 34.5 Å². The lowest BCUT2D eigenvalue weighted by atomic mass is 9.94. The Morgan fingerprint density at radius 1 is 1.20 bits per heavy atom. The number of rotatable bonds is 8. The van der Waals surface area contributed by atoms with E-state index in [1.165, 1.54) is 5.01 Å². The Labute approximate surface area is 241 Å². The number of nitrogens with one attached hydrogen (secondary N) is 3. The van der Waals surface area contributed by atoms with Crippen molar-refractivity contribution in [2.45, 2.75) is 19.0 Å². The standard InChI is InChI=1S/C24H29Cl2N7O6S/c1-32(2)30-24(31-40(3,38)39)28-11-18(23(36)37)29-21(34)19-17(27)10-14-12-33(9-8-16(14)20(19)26)22(35)13-4-6-15(25)7-5-13/h4-7,10,18H,8-9,11-12,27H2,1-3H3,(H,29,34)(H,36,37)(H2,28,30,31)/t18-/m0/s1. The zero-order chi connectivity index (χ0) is 29.8. The summed E-state index contributed by atoms with van der Waals surface area (Å²) < 4.78 is 25.3. The summed E-state index contributed by atoms with van der Waals surface area (Å²) in [4.78, 5) is 43.5. The number of hydrogen-bond acceptors (Lipinski definition) is 8. The lowest BCUT2D eigenvalue weighted by Crippen LogP contribution is -2.48. The number of sulfonamides is 1. The molecule has 2 aromatic rings. The first-order valence-corrected chi connectivity index (χ1v) is 14.5. The van der Waals surface area contributed by atoms with E-state index in [4.69, 9.17) is 28.9 Å². The van der Waals surface area contributed by atoms with E-state index in [0.29, 0.717) is 34.7 Å². The second-order valence-corrected chi connectivity index (χ2v) is 11.8. The molecule has 2 aromatic carbocycles. The number of guanidine groups is 1. The summed E-state index contributed by atoms with van der Waals surface area (Å²) in [5.41, 5.74) is 10.4. The van der Waals surface area contributed by atoms with Gasteiger partial charge < -0.3 is 21.1 Å². The Kier molecular flexibility index (Phi) is 9.84. The number of fused-ring (bicyclic) bond motifs is 1. The van der Waals surface area contributed by atoms with Gasteiger partial charge >= 0.3 is 5.97 Å². The Hall–Kier alpha value is -3.59. The first kappa shape index (κ1) is 30.9. The summed E-state index contributed by atoms with van der Waals surface area (Å²) in [5, 5.41) is 14.0. The number of hydrogen-bond donors (Lipinski definition) is 5. The predicted octanol–water partition coefficient (Wildman–Crippen LogP) is 0.929. The van der Waals surface area contributed by atoms with E-state index in [0.717, 1.165) is 6.26 Å².